The number of nitrogens with one attached hydrogen (secondary N) is 2. The van der Waals surface area contributed by atoms with Crippen LogP contribution in [0.15, 0.2) is 42.5 Å². The number of hydrogen-bond donors (Lipinski definition) is 2. The zero-order chi connectivity index (χ0) is 18.5. The SMILES string of the molecule is CCOc1cccc(NC2c3c(cccc3OCC)NC(CC)C2C)c1. The number of rotatable bonds is 7. The molecule has 4 nitrogen and oxygen atoms in total. The van der Waals surface area contributed by atoms with E-state index in [0.717, 1.165) is 23.6 Å². The fraction of sp³-hybridized carbons (Fsp3) is 0.455. The maximum absolute atomic E-state index is 5.95. The highest BCUT2D eigenvalue weighted by Crippen LogP contribution is 2.44. The number of benzene rings is 2. The summed E-state index contributed by atoms with van der Waals surface area (Å²) in [5.74, 6) is 2.27. The molecule has 140 valence electrons. The van der Waals surface area contributed by atoms with Gasteiger partial charge in [-0.25, -0.2) is 0 Å². The average molecular weight is 354 g/mol. The summed E-state index contributed by atoms with van der Waals surface area (Å²) in [5.41, 5.74) is 3.45. The van der Waals surface area contributed by atoms with Crippen molar-refractivity contribution in [1.29, 1.82) is 0 Å². The Bertz CT molecular complexity index is 732. The molecule has 4 heteroatoms. The molecule has 2 aromatic carbocycles. The van der Waals surface area contributed by atoms with Gasteiger partial charge in [-0.15, -0.1) is 0 Å². The highest BCUT2D eigenvalue weighted by molar-refractivity contribution is 5.64. The first-order chi connectivity index (χ1) is 12.7. The lowest BCUT2D eigenvalue weighted by Crippen LogP contribution is -2.39. The van der Waals surface area contributed by atoms with Crippen LogP contribution < -0.4 is 20.1 Å². The van der Waals surface area contributed by atoms with E-state index < -0.39 is 0 Å². The van der Waals surface area contributed by atoms with Crippen molar-refractivity contribution in [2.45, 2.75) is 46.2 Å². The molecule has 0 bridgehead atoms. The summed E-state index contributed by atoms with van der Waals surface area (Å²) in [6.45, 7) is 9.90. The van der Waals surface area contributed by atoms with Crippen molar-refractivity contribution in [1.82, 2.24) is 0 Å². The van der Waals surface area contributed by atoms with Gasteiger partial charge in [0.1, 0.15) is 11.5 Å². The van der Waals surface area contributed by atoms with E-state index in [-0.39, 0.29) is 6.04 Å². The molecule has 3 rings (SSSR count). The largest absolute Gasteiger partial charge is 0.494 e. The average Bonchev–Trinajstić information content (AvgIpc) is 2.65. The van der Waals surface area contributed by atoms with E-state index >= 15 is 0 Å². The van der Waals surface area contributed by atoms with Crippen molar-refractivity contribution in [2.24, 2.45) is 5.92 Å². The zero-order valence-electron chi connectivity index (χ0n) is 16.2. The Labute approximate surface area is 156 Å². The molecule has 0 spiro atoms. The molecule has 3 unspecified atom stereocenters. The van der Waals surface area contributed by atoms with Crippen LogP contribution in [0.2, 0.25) is 0 Å². The summed E-state index contributed by atoms with van der Waals surface area (Å²) in [4.78, 5) is 0. The molecule has 0 saturated carbocycles. The van der Waals surface area contributed by atoms with Gasteiger partial charge in [-0.2, -0.15) is 0 Å². The molecule has 0 fully saturated rings. The first kappa shape index (κ1) is 18.4. The lowest BCUT2D eigenvalue weighted by molar-refractivity contribution is 0.323. The van der Waals surface area contributed by atoms with Gasteiger partial charge in [0.15, 0.2) is 0 Å². The third-order valence-corrected chi connectivity index (χ3v) is 5.09. The maximum Gasteiger partial charge on any atom is 0.126 e. The van der Waals surface area contributed by atoms with Crippen LogP contribution in [0.4, 0.5) is 11.4 Å². The first-order valence-electron chi connectivity index (χ1n) is 9.69. The molecule has 0 amide bonds. The Morgan fingerprint density at radius 1 is 1.00 bits per heavy atom. The lowest BCUT2D eigenvalue weighted by atomic mass is 9.82. The number of hydrogen-bond acceptors (Lipinski definition) is 4. The van der Waals surface area contributed by atoms with E-state index in [1.54, 1.807) is 0 Å². The second-order valence-corrected chi connectivity index (χ2v) is 6.75. The summed E-state index contributed by atoms with van der Waals surface area (Å²) in [6, 6.07) is 15.1. The molecule has 1 heterocycles. The number of anilines is 2. The quantitative estimate of drug-likeness (QED) is 0.691. The number of fused-ring (bicyclic) bond motifs is 1. The van der Waals surface area contributed by atoms with Crippen LogP contribution in [-0.4, -0.2) is 19.3 Å². The fourth-order valence-electron chi connectivity index (χ4n) is 3.80. The summed E-state index contributed by atoms with van der Waals surface area (Å²) in [6.07, 6.45) is 1.08. The van der Waals surface area contributed by atoms with Crippen LogP contribution in [0, 0.1) is 5.92 Å². The van der Waals surface area contributed by atoms with Gasteiger partial charge in [-0.05, 0) is 44.5 Å². The van der Waals surface area contributed by atoms with Gasteiger partial charge < -0.3 is 20.1 Å². The normalized spacial score (nSPS) is 21.5. The van der Waals surface area contributed by atoms with Crippen molar-refractivity contribution in [2.75, 3.05) is 23.8 Å². The topological polar surface area (TPSA) is 42.5 Å². The second kappa shape index (κ2) is 8.35. The van der Waals surface area contributed by atoms with Gasteiger partial charge in [0.05, 0.1) is 19.3 Å². The minimum Gasteiger partial charge on any atom is -0.494 e. The summed E-state index contributed by atoms with van der Waals surface area (Å²) >= 11 is 0. The van der Waals surface area contributed by atoms with Gasteiger partial charge in [0, 0.05) is 35.0 Å². The Balaban J connectivity index is 1.98. The van der Waals surface area contributed by atoms with E-state index in [9.17, 15) is 0 Å². The van der Waals surface area contributed by atoms with Crippen molar-refractivity contribution in [3.8, 4) is 11.5 Å². The van der Waals surface area contributed by atoms with Gasteiger partial charge in [0.2, 0.25) is 0 Å². The Hall–Kier alpha value is -2.36. The van der Waals surface area contributed by atoms with E-state index in [4.69, 9.17) is 9.47 Å². The fourth-order valence-corrected chi connectivity index (χ4v) is 3.80. The number of ether oxygens (including phenoxy) is 2. The monoisotopic (exact) mass is 354 g/mol. The summed E-state index contributed by atoms with van der Waals surface area (Å²) in [7, 11) is 0. The molecule has 3 atom stereocenters. The molecular weight excluding hydrogens is 324 g/mol. The predicted molar refractivity (Wildman–Crippen MR) is 108 cm³/mol. The van der Waals surface area contributed by atoms with Crippen molar-refractivity contribution in [3.63, 3.8) is 0 Å². The van der Waals surface area contributed by atoms with Crippen molar-refractivity contribution >= 4 is 11.4 Å². The van der Waals surface area contributed by atoms with Gasteiger partial charge in [-0.3, -0.25) is 0 Å². The molecule has 0 aromatic heterocycles. The van der Waals surface area contributed by atoms with E-state index in [1.165, 1.54) is 11.3 Å². The van der Waals surface area contributed by atoms with Crippen LogP contribution >= 0.6 is 0 Å². The van der Waals surface area contributed by atoms with Crippen LogP contribution in [0.1, 0.15) is 45.7 Å². The Kier molecular flexibility index (Phi) is 5.92. The lowest BCUT2D eigenvalue weighted by Gasteiger charge is -2.40. The van der Waals surface area contributed by atoms with Crippen LogP contribution in [0.25, 0.3) is 0 Å². The Morgan fingerprint density at radius 2 is 1.77 bits per heavy atom. The molecule has 2 N–H and O–H groups in total. The molecule has 1 aliphatic heterocycles. The highest BCUT2D eigenvalue weighted by atomic mass is 16.5. The second-order valence-electron chi connectivity index (χ2n) is 6.75. The first-order valence-corrected chi connectivity index (χ1v) is 9.69. The van der Waals surface area contributed by atoms with Gasteiger partial charge >= 0.3 is 0 Å². The summed E-state index contributed by atoms with van der Waals surface area (Å²) < 4.78 is 11.6. The molecule has 2 aromatic rings. The van der Waals surface area contributed by atoms with Crippen molar-refractivity contribution < 1.29 is 9.47 Å². The standard InChI is InChI=1S/C22H30N2O2/c1-5-18-15(4)22(23-16-10-8-11-17(14-16)25-6-2)21-19(24-18)12-9-13-20(21)26-7-3/h8-15,18,22-24H,5-7H2,1-4H3. The smallest absolute Gasteiger partial charge is 0.126 e. The van der Waals surface area contributed by atoms with E-state index in [0.29, 0.717) is 25.2 Å². The van der Waals surface area contributed by atoms with Crippen LogP contribution in [-0.2, 0) is 0 Å². The molecule has 0 aliphatic carbocycles. The van der Waals surface area contributed by atoms with E-state index in [1.807, 2.05) is 26.0 Å². The molecule has 1 aliphatic rings. The molecule has 0 radical (unpaired) electrons. The molecule has 0 saturated heterocycles. The molecule has 26 heavy (non-hydrogen) atoms. The zero-order valence-corrected chi connectivity index (χ0v) is 16.2. The van der Waals surface area contributed by atoms with Crippen LogP contribution in [0.3, 0.4) is 0 Å². The van der Waals surface area contributed by atoms with Gasteiger partial charge in [0.25, 0.3) is 0 Å². The third kappa shape index (κ3) is 3.74. The summed E-state index contributed by atoms with van der Waals surface area (Å²) in [5, 5.41) is 7.45. The van der Waals surface area contributed by atoms with Gasteiger partial charge in [-0.1, -0.05) is 26.0 Å². The Morgan fingerprint density at radius 3 is 2.50 bits per heavy atom. The highest BCUT2D eigenvalue weighted by Gasteiger charge is 2.35. The third-order valence-electron chi connectivity index (χ3n) is 5.09. The predicted octanol–water partition coefficient (Wildman–Crippen LogP) is 5.48. The maximum atomic E-state index is 5.95. The minimum absolute atomic E-state index is 0.177. The van der Waals surface area contributed by atoms with Crippen LogP contribution in [0.5, 0.6) is 11.5 Å². The molecular formula is C22H30N2O2. The van der Waals surface area contributed by atoms with Crippen molar-refractivity contribution in [3.05, 3.63) is 48.0 Å². The minimum atomic E-state index is 0.177. The van der Waals surface area contributed by atoms with E-state index in [2.05, 4.69) is 54.8 Å².